The molecule has 0 radical (unpaired) electrons. The van der Waals surface area contributed by atoms with Gasteiger partial charge in [0.25, 0.3) is 0 Å². The Bertz CT molecular complexity index is 484. The summed E-state index contributed by atoms with van der Waals surface area (Å²) in [7, 11) is -3.49. The van der Waals surface area contributed by atoms with Gasteiger partial charge in [0.15, 0.2) is 0 Å². The summed E-state index contributed by atoms with van der Waals surface area (Å²) in [4.78, 5) is 0.223. The van der Waals surface area contributed by atoms with E-state index in [0.29, 0.717) is 25.1 Å². The second-order valence-corrected chi connectivity index (χ2v) is 6.17. The molecular weight excluding hydrogens is 240 g/mol. The van der Waals surface area contributed by atoms with Crippen LogP contribution in [0.15, 0.2) is 29.2 Å². The van der Waals surface area contributed by atoms with E-state index in [-0.39, 0.29) is 11.4 Å². The summed E-state index contributed by atoms with van der Waals surface area (Å²) in [5.41, 5.74) is 6.05. The smallest absolute Gasteiger partial charge is 0.243 e. The normalized spacial score (nSPS) is 22.5. The Hall–Kier alpha value is -1.11. The van der Waals surface area contributed by atoms with Crippen molar-refractivity contribution in [1.82, 2.24) is 4.31 Å². The Morgan fingerprint density at radius 3 is 2.53 bits per heavy atom. The van der Waals surface area contributed by atoms with E-state index < -0.39 is 16.1 Å². The topological polar surface area (TPSA) is 83.6 Å². The highest BCUT2D eigenvalue weighted by atomic mass is 32.2. The zero-order chi connectivity index (χ0) is 12.5. The lowest BCUT2D eigenvalue weighted by atomic mass is 10.1. The molecule has 5 nitrogen and oxygen atoms in total. The second kappa shape index (κ2) is 4.64. The highest BCUT2D eigenvalue weighted by Crippen LogP contribution is 2.21. The van der Waals surface area contributed by atoms with Crippen molar-refractivity contribution in [2.24, 2.45) is 0 Å². The van der Waals surface area contributed by atoms with Crippen LogP contribution < -0.4 is 5.73 Å². The molecular formula is C11H16N2O3S. The first-order valence-electron chi connectivity index (χ1n) is 5.54. The Labute approximate surface area is 101 Å². The molecule has 17 heavy (non-hydrogen) atoms. The lowest BCUT2D eigenvalue weighted by Gasteiger charge is -2.29. The van der Waals surface area contributed by atoms with Gasteiger partial charge in [-0.05, 0) is 37.1 Å². The first kappa shape index (κ1) is 12.3. The molecule has 0 aromatic heterocycles. The predicted octanol–water partition coefficient (Wildman–Crippen LogP) is 0.414. The lowest BCUT2D eigenvalue weighted by Crippen LogP contribution is -2.42. The van der Waals surface area contributed by atoms with Crippen molar-refractivity contribution in [3.05, 3.63) is 24.3 Å². The molecule has 6 heteroatoms. The van der Waals surface area contributed by atoms with Crippen LogP contribution in [0.3, 0.4) is 0 Å². The minimum absolute atomic E-state index is 0.173. The molecule has 1 fully saturated rings. The number of nitrogens with zero attached hydrogens (tertiary/aromatic N) is 1. The second-order valence-electron chi connectivity index (χ2n) is 4.23. The van der Waals surface area contributed by atoms with Crippen molar-refractivity contribution in [2.75, 3.05) is 18.8 Å². The number of sulfonamides is 1. The third-order valence-electron chi connectivity index (χ3n) is 2.88. The van der Waals surface area contributed by atoms with Gasteiger partial charge in [0.2, 0.25) is 10.0 Å². The van der Waals surface area contributed by atoms with Crippen LogP contribution >= 0.6 is 0 Å². The maximum atomic E-state index is 12.2. The summed E-state index contributed by atoms with van der Waals surface area (Å²) in [5.74, 6) is 0. The molecule has 0 spiro atoms. The maximum Gasteiger partial charge on any atom is 0.243 e. The number of nitrogens with two attached hydrogens (primary N) is 1. The minimum atomic E-state index is -3.49. The molecule has 2 rings (SSSR count). The molecule has 1 saturated heterocycles. The molecule has 0 aliphatic carbocycles. The molecule has 94 valence electrons. The van der Waals surface area contributed by atoms with Crippen LogP contribution in [0.25, 0.3) is 0 Å². The number of benzene rings is 1. The number of hydrogen-bond donors (Lipinski definition) is 2. The van der Waals surface area contributed by atoms with Gasteiger partial charge in [-0.1, -0.05) is 0 Å². The SMILES string of the molecule is Nc1ccc(S(=O)(=O)N2CCCC(O)C2)cc1. The summed E-state index contributed by atoms with van der Waals surface area (Å²) in [6.45, 7) is 0.635. The van der Waals surface area contributed by atoms with E-state index in [0.717, 1.165) is 0 Å². The average molecular weight is 256 g/mol. The highest BCUT2D eigenvalue weighted by Gasteiger charge is 2.29. The molecule has 0 bridgehead atoms. The van der Waals surface area contributed by atoms with Crippen LogP contribution in [0.2, 0.25) is 0 Å². The lowest BCUT2D eigenvalue weighted by molar-refractivity contribution is 0.108. The van der Waals surface area contributed by atoms with E-state index in [4.69, 9.17) is 5.73 Å². The fourth-order valence-corrected chi connectivity index (χ4v) is 3.44. The van der Waals surface area contributed by atoms with Gasteiger partial charge in [0.05, 0.1) is 11.0 Å². The van der Waals surface area contributed by atoms with Crippen LogP contribution in [0, 0.1) is 0 Å². The van der Waals surface area contributed by atoms with Crippen LogP contribution in [0.1, 0.15) is 12.8 Å². The number of nitrogen functional groups attached to an aromatic ring is 1. The molecule has 1 aliphatic heterocycles. The molecule has 1 heterocycles. The highest BCUT2D eigenvalue weighted by molar-refractivity contribution is 7.89. The van der Waals surface area contributed by atoms with Crippen molar-refractivity contribution in [2.45, 2.75) is 23.8 Å². The molecule has 1 aromatic carbocycles. The summed E-state index contributed by atoms with van der Waals surface area (Å²) >= 11 is 0. The predicted molar refractivity (Wildman–Crippen MR) is 64.9 cm³/mol. The van der Waals surface area contributed by atoms with E-state index in [1.807, 2.05) is 0 Å². The van der Waals surface area contributed by atoms with Crippen LogP contribution in [0.4, 0.5) is 5.69 Å². The number of piperidine rings is 1. The van der Waals surface area contributed by atoms with Gasteiger partial charge in [-0.3, -0.25) is 0 Å². The summed E-state index contributed by atoms with van der Waals surface area (Å²) in [6, 6.07) is 6.11. The van der Waals surface area contributed by atoms with E-state index in [2.05, 4.69) is 0 Å². The number of rotatable bonds is 2. The molecule has 1 atom stereocenters. The summed E-state index contributed by atoms with van der Waals surface area (Å²) in [5, 5.41) is 9.51. The fraction of sp³-hybridized carbons (Fsp3) is 0.455. The van der Waals surface area contributed by atoms with Crippen molar-refractivity contribution >= 4 is 15.7 Å². The van der Waals surface area contributed by atoms with Gasteiger partial charge >= 0.3 is 0 Å². The molecule has 0 saturated carbocycles. The Morgan fingerprint density at radius 2 is 1.94 bits per heavy atom. The van der Waals surface area contributed by atoms with Crippen molar-refractivity contribution < 1.29 is 13.5 Å². The minimum Gasteiger partial charge on any atom is -0.399 e. The quantitative estimate of drug-likeness (QED) is 0.751. The maximum absolute atomic E-state index is 12.2. The number of aliphatic hydroxyl groups excluding tert-OH is 1. The molecule has 1 unspecified atom stereocenters. The number of aliphatic hydroxyl groups is 1. The van der Waals surface area contributed by atoms with Crippen molar-refractivity contribution in [1.29, 1.82) is 0 Å². The zero-order valence-electron chi connectivity index (χ0n) is 9.41. The summed E-state index contributed by atoms with van der Waals surface area (Å²) in [6.07, 6.45) is 0.788. The molecule has 1 aromatic rings. The number of anilines is 1. The van der Waals surface area contributed by atoms with Crippen LogP contribution in [-0.2, 0) is 10.0 Å². The molecule has 3 N–H and O–H groups in total. The van der Waals surface area contributed by atoms with Crippen molar-refractivity contribution in [3.63, 3.8) is 0 Å². The molecule has 1 aliphatic rings. The van der Waals surface area contributed by atoms with E-state index in [1.165, 1.54) is 16.4 Å². The van der Waals surface area contributed by atoms with Gasteiger partial charge in [0.1, 0.15) is 0 Å². The van der Waals surface area contributed by atoms with Gasteiger partial charge in [0, 0.05) is 18.8 Å². The number of hydrogen-bond acceptors (Lipinski definition) is 4. The standard InChI is InChI=1S/C11H16N2O3S/c12-9-3-5-11(6-4-9)17(15,16)13-7-1-2-10(14)8-13/h3-6,10,14H,1-2,7-8,12H2. The average Bonchev–Trinajstić information content (AvgIpc) is 2.29. The first-order valence-corrected chi connectivity index (χ1v) is 6.98. The molecule has 0 amide bonds. The van der Waals surface area contributed by atoms with Gasteiger partial charge in [-0.25, -0.2) is 8.42 Å². The fourth-order valence-electron chi connectivity index (χ4n) is 1.93. The third-order valence-corrected chi connectivity index (χ3v) is 4.76. The van der Waals surface area contributed by atoms with Crippen molar-refractivity contribution in [3.8, 4) is 0 Å². The monoisotopic (exact) mass is 256 g/mol. The Balaban J connectivity index is 2.26. The first-order chi connectivity index (χ1) is 8.00. The van der Waals surface area contributed by atoms with Crippen LogP contribution in [-0.4, -0.2) is 37.0 Å². The Morgan fingerprint density at radius 1 is 1.29 bits per heavy atom. The largest absolute Gasteiger partial charge is 0.399 e. The zero-order valence-corrected chi connectivity index (χ0v) is 10.2. The Kier molecular flexibility index (Phi) is 3.37. The van der Waals surface area contributed by atoms with Crippen LogP contribution in [0.5, 0.6) is 0 Å². The van der Waals surface area contributed by atoms with Gasteiger partial charge in [-0.15, -0.1) is 0 Å². The van der Waals surface area contributed by atoms with Gasteiger partial charge < -0.3 is 10.8 Å². The van der Waals surface area contributed by atoms with E-state index >= 15 is 0 Å². The third kappa shape index (κ3) is 2.59. The number of β-amino-alcohol motifs (C(OH)–C–C–N with tert-alkyl or cyclic N) is 1. The van der Waals surface area contributed by atoms with Gasteiger partial charge in [-0.2, -0.15) is 4.31 Å². The summed E-state index contributed by atoms with van der Waals surface area (Å²) < 4.78 is 25.8. The van der Waals surface area contributed by atoms with E-state index in [1.54, 1.807) is 12.1 Å². The van der Waals surface area contributed by atoms with E-state index in [9.17, 15) is 13.5 Å².